The molecule has 0 radical (unpaired) electrons. The van der Waals surface area contributed by atoms with E-state index in [9.17, 15) is 4.79 Å². The summed E-state index contributed by atoms with van der Waals surface area (Å²) >= 11 is 0. The molecule has 0 bridgehead atoms. The van der Waals surface area contributed by atoms with Crippen molar-refractivity contribution in [2.45, 2.75) is 31.8 Å². The van der Waals surface area contributed by atoms with Crippen LogP contribution in [0, 0.1) is 0 Å². The van der Waals surface area contributed by atoms with Crippen LogP contribution in [0.4, 0.5) is 10.5 Å². The van der Waals surface area contributed by atoms with Gasteiger partial charge in [-0.25, -0.2) is 4.79 Å². The molecule has 0 aromatic heterocycles. The lowest BCUT2D eigenvalue weighted by molar-refractivity contribution is 0.210. The number of nitrogens with one attached hydrogen (secondary N) is 1. The molecule has 5 nitrogen and oxygen atoms in total. The van der Waals surface area contributed by atoms with Crippen LogP contribution in [0.1, 0.15) is 24.8 Å². The molecule has 0 saturated carbocycles. The summed E-state index contributed by atoms with van der Waals surface area (Å²) in [6.45, 7) is 4.62. The molecule has 2 fully saturated rings. The van der Waals surface area contributed by atoms with E-state index >= 15 is 0 Å². The fraction of sp³-hybridized carbons (Fsp3) is 0.562. The highest BCUT2D eigenvalue weighted by atomic mass is 16.2. The van der Waals surface area contributed by atoms with Crippen molar-refractivity contribution in [2.24, 2.45) is 5.73 Å². The maximum atomic E-state index is 12.3. The van der Waals surface area contributed by atoms with Gasteiger partial charge in [0.05, 0.1) is 0 Å². The summed E-state index contributed by atoms with van der Waals surface area (Å²) < 4.78 is 0. The van der Waals surface area contributed by atoms with Gasteiger partial charge in [0.2, 0.25) is 0 Å². The Hall–Kier alpha value is -1.59. The Labute approximate surface area is 126 Å². The third kappa shape index (κ3) is 3.36. The van der Waals surface area contributed by atoms with Crippen molar-refractivity contribution in [3.63, 3.8) is 0 Å². The summed E-state index contributed by atoms with van der Waals surface area (Å²) in [6, 6.07) is 8.29. The van der Waals surface area contributed by atoms with Crippen molar-refractivity contribution < 1.29 is 4.79 Å². The Morgan fingerprint density at radius 2 is 1.90 bits per heavy atom. The molecule has 2 amide bonds. The van der Waals surface area contributed by atoms with Gasteiger partial charge in [0.15, 0.2) is 0 Å². The molecule has 1 unspecified atom stereocenters. The van der Waals surface area contributed by atoms with Gasteiger partial charge in [0.1, 0.15) is 0 Å². The monoisotopic (exact) mass is 288 g/mol. The van der Waals surface area contributed by atoms with Crippen LogP contribution in [0.5, 0.6) is 0 Å². The second-order valence-electron chi connectivity index (χ2n) is 5.96. The number of hydrogen-bond acceptors (Lipinski definition) is 3. The minimum Gasteiger partial charge on any atom is -0.326 e. The molecule has 2 saturated heterocycles. The predicted molar refractivity (Wildman–Crippen MR) is 84.1 cm³/mol. The van der Waals surface area contributed by atoms with Crippen molar-refractivity contribution in [3.05, 3.63) is 29.8 Å². The number of anilines is 1. The third-order valence-electron chi connectivity index (χ3n) is 4.55. The summed E-state index contributed by atoms with van der Waals surface area (Å²) in [5.41, 5.74) is 7.48. The highest BCUT2D eigenvalue weighted by Gasteiger charge is 2.31. The first-order valence-corrected chi connectivity index (χ1v) is 7.85. The smallest absolute Gasteiger partial charge is 0.321 e. The fourth-order valence-electron chi connectivity index (χ4n) is 3.26. The average Bonchev–Trinajstić information content (AvgIpc) is 3.19. The van der Waals surface area contributed by atoms with Gasteiger partial charge in [-0.05, 0) is 50.0 Å². The fourth-order valence-corrected chi connectivity index (χ4v) is 3.26. The maximum Gasteiger partial charge on any atom is 0.321 e. The molecule has 3 N–H and O–H groups in total. The molecular weight excluding hydrogens is 264 g/mol. The van der Waals surface area contributed by atoms with Gasteiger partial charge in [-0.15, -0.1) is 0 Å². The number of amides is 2. The molecule has 0 spiro atoms. The lowest BCUT2D eigenvalue weighted by atomic mass is 10.2. The lowest BCUT2D eigenvalue weighted by Gasteiger charge is -2.23. The molecule has 2 aliphatic heterocycles. The van der Waals surface area contributed by atoms with Crippen molar-refractivity contribution in [1.82, 2.24) is 9.80 Å². The first-order valence-electron chi connectivity index (χ1n) is 7.85. The number of rotatable bonds is 3. The van der Waals surface area contributed by atoms with Crippen molar-refractivity contribution in [1.29, 1.82) is 0 Å². The van der Waals surface area contributed by atoms with Gasteiger partial charge >= 0.3 is 6.03 Å². The molecule has 1 atom stereocenters. The Morgan fingerprint density at radius 1 is 1.19 bits per heavy atom. The molecule has 0 aliphatic carbocycles. The lowest BCUT2D eigenvalue weighted by Crippen LogP contribution is -2.38. The van der Waals surface area contributed by atoms with Crippen LogP contribution in [0.25, 0.3) is 0 Å². The first kappa shape index (κ1) is 14.4. The van der Waals surface area contributed by atoms with Crippen LogP contribution in [-0.2, 0) is 6.54 Å². The number of nitrogens with zero attached hydrogens (tertiary/aromatic N) is 2. The third-order valence-corrected chi connectivity index (χ3v) is 4.55. The zero-order valence-electron chi connectivity index (χ0n) is 12.4. The van der Waals surface area contributed by atoms with E-state index in [1.54, 1.807) is 0 Å². The van der Waals surface area contributed by atoms with E-state index in [-0.39, 0.29) is 6.03 Å². The number of likely N-dealkylation sites (tertiary alicyclic amines) is 2. The minimum absolute atomic E-state index is 0.0113. The van der Waals surface area contributed by atoms with Crippen molar-refractivity contribution in [3.8, 4) is 0 Å². The molecule has 3 rings (SSSR count). The van der Waals surface area contributed by atoms with Gasteiger partial charge in [-0.2, -0.15) is 0 Å². The minimum atomic E-state index is 0.0113. The SMILES string of the molecule is NCc1ccc(NC(=O)N2CCC(N3CCCC3)C2)cc1. The van der Waals surface area contributed by atoms with E-state index < -0.39 is 0 Å². The van der Waals surface area contributed by atoms with Crippen molar-refractivity contribution >= 4 is 11.7 Å². The van der Waals surface area contributed by atoms with Crippen LogP contribution in [0.2, 0.25) is 0 Å². The largest absolute Gasteiger partial charge is 0.326 e. The van der Waals surface area contributed by atoms with Crippen LogP contribution < -0.4 is 11.1 Å². The number of urea groups is 1. The second-order valence-corrected chi connectivity index (χ2v) is 5.96. The number of carbonyl (C=O) groups is 1. The summed E-state index contributed by atoms with van der Waals surface area (Å²) in [7, 11) is 0. The summed E-state index contributed by atoms with van der Waals surface area (Å²) in [5.74, 6) is 0. The highest BCUT2D eigenvalue weighted by molar-refractivity contribution is 5.89. The van der Waals surface area contributed by atoms with Crippen molar-refractivity contribution in [2.75, 3.05) is 31.5 Å². The average molecular weight is 288 g/mol. The summed E-state index contributed by atoms with van der Waals surface area (Å²) in [6.07, 6.45) is 3.70. The van der Waals surface area contributed by atoms with Crippen LogP contribution >= 0.6 is 0 Å². The molecule has 21 heavy (non-hydrogen) atoms. The van der Waals surface area contributed by atoms with E-state index in [2.05, 4.69) is 10.2 Å². The number of hydrogen-bond donors (Lipinski definition) is 2. The molecule has 2 heterocycles. The highest BCUT2D eigenvalue weighted by Crippen LogP contribution is 2.21. The first-order chi connectivity index (χ1) is 10.3. The van der Waals surface area contributed by atoms with Crippen LogP contribution in [-0.4, -0.2) is 48.1 Å². The molecular formula is C16H24N4O. The Bertz CT molecular complexity index is 482. The van der Waals surface area contributed by atoms with Gasteiger partial charge in [-0.3, -0.25) is 4.90 Å². The summed E-state index contributed by atoms with van der Waals surface area (Å²) in [4.78, 5) is 16.8. The van der Waals surface area contributed by atoms with Gasteiger partial charge in [0, 0.05) is 31.4 Å². The number of carbonyl (C=O) groups excluding carboxylic acids is 1. The maximum absolute atomic E-state index is 12.3. The Kier molecular flexibility index (Phi) is 4.41. The van der Waals surface area contributed by atoms with E-state index in [1.807, 2.05) is 29.2 Å². The van der Waals surface area contributed by atoms with E-state index in [4.69, 9.17) is 5.73 Å². The van der Waals surface area contributed by atoms with Crippen LogP contribution in [0.15, 0.2) is 24.3 Å². The molecule has 1 aromatic carbocycles. The molecule has 2 aliphatic rings. The predicted octanol–water partition coefficient (Wildman–Crippen LogP) is 1.85. The van der Waals surface area contributed by atoms with E-state index in [0.29, 0.717) is 12.6 Å². The zero-order valence-corrected chi connectivity index (χ0v) is 12.4. The van der Waals surface area contributed by atoms with Crippen LogP contribution in [0.3, 0.4) is 0 Å². The molecule has 114 valence electrons. The normalized spacial score (nSPS) is 22.7. The Morgan fingerprint density at radius 3 is 2.57 bits per heavy atom. The van der Waals surface area contributed by atoms with Gasteiger partial charge in [0.25, 0.3) is 0 Å². The van der Waals surface area contributed by atoms with Gasteiger partial charge in [-0.1, -0.05) is 12.1 Å². The quantitative estimate of drug-likeness (QED) is 0.892. The molecule has 5 heteroatoms. The summed E-state index contributed by atoms with van der Waals surface area (Å²) in [5, 5.41) is 2.97. The van der Waals surface area contributed by atoms with Gasteiger partial charge < -0.3 is 16.0 Å². The van der Waals surface area contributed by atoms with E-state index in [0.717, 1.165) is 30.8 Å². The number of benzene rings is 1. The van der Waals surface area contributed by atoms with E-state index in [1.165, 1.54) is 25.9 Å². The number of nitrogens with two attached hydrogens (primary N) is 1. The standard InChI is InChI=1S/C16H24N4O/c17-11-13-3-5-14(6-4-13)18-16(21)20-10-7-15(12-20)19-8-1-2-9-19/h3-6,15H,1-2,7-12,17H2,(H,18,21). The topological polar surface area (TPSA) is 61.6 Å². The Balaban J connectivity index is 1.53. The second kappa shape index (κ2) is 6.45. The zero-order chi connectivity index (χ0) is 14.7. The molecule has 1 aromatic rings.